The van der Waals surface area contributed by atoms with Gasteiger partial charge in [-0.2, -0.15) is 0 Å². The lowest BCUT2D eigenvalue weighted by molar-refractivity contribution is 0.104. The van der Waals surface area contributed by atoms with Gasteiger partial charge in [-0.25, -0.2) is 4.79 Å². The van der Waals surface area contributed by atoms with Gasteiger partial charge in [-0.05, 0) is 44.4 Å². The predicted molar refractivity (Wildman–Crippen MR) is 110 cm³/mol. The smallest absolute Gasteiger partial charge is 0.349 e. The molecule has 0 radical (unpaired) electrons. The molecule has 0 saturated carbocycles. The molecule has 0 amide bonds. The second kappa shape index (κ2) is 9.09. The molecule has 5 heteroatoms. The number of hydrogen-bond acceptors (Lipinski definition) is 5. The van der Waals surface area contributed by atoms with Crippen LogP contribution in [0.15, 0.2) is 45.6 Å². The quantitative estimate of drug-likeness (QED) is 0.435. The fourth-order valence-electron chi connectivity index (χ4n) is 3.32. The van der Waals surface area contributed by atoms with Crippen LogP contribution >= 0.6 is 0 Å². The van der Waals surface area contributed by atoms with Crippen molar-refractivity contribution < 1.29 is 13.9 Å². The zero-order valence-electron chi connectivity index (χ0n) is 15.9. The Balaban J connectivity index is 1.92. The second-order valence-corrected chi connectivity index (χ2v) is 6.68. The molecule has 3 rings (SSSR count). The van der Waals surface area contributed by atoms with Crippen molar-refractivity contribution in [2.24, 2.45) is 0 Å². The van der Waals surface area contributed by atoms with E-state index in [1.54, 1.807) is 25.1 Å². The van der Waals surface area contributed by atoms with Gasteiger partial charge in [0.2, 0.25) is 0 Å². The monoisotopic (exact) mass is 377 g/mol. The minimum atomic E-state index is -0.605. The molecule has 0 spiro atoms. The summed E-state index contributed by atoms with van der Waals surface area (Å²) >= 11 is 0. The Kier molecular flexibility index (Phi) is 6.33. The molecule has 1 fully saturated rings. The summed E-state index contributed by atoms with van der Waals surface area (Å²) in [4.78, 5) is 27.5. The minimum Gasteiger partial charge on any atom is -0.480 e. The normalized spacial score (nSPS) is 14.1. The van der Waals surface area contributed by atoms with Gasteiger partial charge in [-0.1, -0.05) is 24.1 Å². The Hall–Kier alpha value is -3.26. The topological polar surface area (TPSA) is 59.8 Å². The molecule has 1 aromatic heterocycles. The molecule has 0 N–H and O–H groups in total. The highest BCUT2D eigenvalue weighted by Gasteiger charge is 2.22. The second-order valence-electron chi connectivity index (χ2n) is 6.68. The van der Waals surface area contributed by atoms with Crippen molar-refractivity contribution in [2.45, 2.75) is 26.2 Å². The summed E-state index contributed by atoms with van der Waals surface area (Å²) in [5.41, 5.74) is 0.833. The van der Waals surface area contributed by atoms with Crippen LogP contribution in [0.3, 0.4) is 0 Å². The molecule has 0 aliphatic carbocycles. The Bertz CT molecular complexity index is 975. The molecule has 1 aromatic carbocycles. The van der Waals surface area contributed by atoms with Crippen molar-refractivity contribution in [3.05, 3.63) is 63.7 Å². The van der Waals surface area contributed by atoms with E-state index in [1.165, 1.54) is 6.08 Å². The summed E-state index contributed by atoms with van der Waals surface area (Å²) in [5.74, 6) is 3.11. The third-order valence-corrected chi connectivity index (χ3v) is 4.64. The first kappa shape index (κ1) is 19.5. The number of allylic oxidation sites excluding steroid dienone is 1. The van der Waals surface area contributed by atoms with Crippen LogP contribution in [0.25, 0.3) is 6.08 Å². The molecule has 0 unspecified atom stereocenters. The van der Waals surface area contributed by atoms with E-state index in [9.17, 15) is 9.59 Å². The van der Waals surface area contributed by atoms with Gasteiger partial charge in [0.15, 0.2) is 5.78 Å². The van der Waals surface area contributed by atoms with E-state index in [1.807, 2.05) is 18.2 Å². The maximum absolute atomic E-state index is 12.9. The van der Waals surface area contributed by atoms with E-state index in [0.29, 0.717) is 22.8 Å². The summed E-state index contributed by atoms with van der Waals surface area (Å²) in [6, 6.07) is 9.04. The number of terminal acetylenes is 1. The molecule has 5 nitrogen and oxygen atoms in total. The molecule has 1 aliphatic heterocycles. The van der Waals surface area contributed by atoms with Crippen molar-refractivity contribution in [3.63, 3.8) is 0 Å². The van der Waals surface area contributed by atoms with Crippen LogP contribution in [0.4, 0.5) is 5.69 Å². The van der Waals surface area contributed by atoms with Crippen molar-refractivity contribution >= 4 is 17.5 Å². The maximum Gasteiger partial charge on any atom is 0.349 e. The van der Waals surface area contributed by atoms with Gasteiger partial charge < -0.3 is 14.1 Å². The lowest BCUT2D eigenvalue weighted by Crippen LogP contribution is -2.32. The van der Waals surface area contributed by atoms with Gasteiger partial charge in [0.05, 0.1) is 5.69 Å². The van der Waals surface area contributed by atoms with Crippen molar-refractivity contribution in [3.8, 4) is 18.1 Å². The lowest BCUT2D eigenvalue weighted by atomic mass is 10.0. The van der Waals surface area contributed by atoms with Crippen molar-refractivity contribution in [1.82, 2.24) is 0 Å². The number of ketones is 1. The first-order valence-electron chi connectivity index (χ1n) is 9.37. The molecule has 0 bridgehead atoms. The molecule has 144 valence electrons. The highest BCUT2D eigenvalue weighted by molar-refractivity contribution is 6.10. The number of hydrogen-bond donors (Lipinski definition) is 0. The summed E-state index contributed by atoms with van der Waals surface area (Å²) in [6.45, 7) is 3.52. The van der Waals surface area contributed by atoms with E-state index in [-0.39, 0.29) is 18.0 Å². The summed E-state index contributed by atoms with van der Waals surface area (Å²) in [6.07, 6.45) is 11.5. The number of nitrogens with zero attached hydrogens (tertiary/aromatic N) is 1. The number of rotatable bonds is 6. The van der Waals surface area contributed by atoms with Gasteiger partial charge >= 0.3 is 5.63 Å². The number of anilines is 1. The van der Waals surface area contributed by atoms with E-state index < -0.39 is 5.63 Å². The van der Waals surface area contributed by atoms with Crippen LogP contribution in [0, 0.1) is 19.3 Å². The summed E-state index contributed by atoms with van der Waals surface area (Å²) in [5, 5.41) is 0. The van der Waals surface area contributed by atoms with Crippen molar-refractivity contribution in [1.29, 1.82) is 0 Å². The highest BCUT2D eigenvalue weighted by atomic mass is 16.5. The number of carbonyl (C=O) groups is 1. The number of benzene rings is 1. The first-order chi connectivity index (χ1) is 13.6. The standard InChI is InChI=1S/C23H23NO4/c1-3-15-27-21-10-6-5-9-18(21)11-12-20(25)22-19(16-17(2)28-23(22)26)24-13-7-4-8-14-24/h1,5-6,9-12,16H,4,7-8,13-15H2,2H3. The van der Waals surface area contributed by atoms with Crippen LogP contribution in [-0.4, -0.2) is 25.5 Å². The van der Waals surface area contributed by atoms with Crippen LogP contribution in [-0.2, 0) is 0 Å². The minimum absolute atomic E-state index is 0.0748. The molecule has 1 aliphatic rings. The van der Waals surface area contributed by atoms with Crippen LogP contribution in [0.5, 0.6) is 5.75 Å². The zero-order chi connectivity index (χ0) is 19.9. The van der Waals surface area contributed by atoms with Gasteiger partial charge in [-0.3, -0.25) is 4.79 Å². The highest BCUT2D eigenvalue weighted by Crippen LogP contribution is 2.25. The fraction of sp³-hybridized carbons (Fsp3) is 0.304. The molecular weight excluding hydrogens is 354 g/mol. The SMILES string of the molecule is C#CCOc1ccccc1C=CC(=O)c1c(N2CCCCC2)cc(C)oc1=O. The molecule has 28 heavy (non-hydrogen) atoms. The van der Waals surface area contributed by atoms with E-state index in [0.717, 1.165) is 32.4 Å². The van der Waals surface area contributed by atoms with Gasteiger partial charge in [0, 0.05) is 24.7 Å². The van der Waals surface area contributed by atoms with Gasteiger partial charge in [-0.15, -0.1) is 6.42 Å². The van der Waals surface area contributed by atoms with Gasteiger partial charge in [0.25, 0.3) is 0 Å². The Labute approximate surface area is 164 Å². The molecule has 0 atom stereocenters. The first-order valence-corrected chi connectivity index (χ1v) is 9.37. The van der Waals surface area contributed by atoms with Crippen LogP contribution < -0.4 is 15.3 Å². The predicted octanol–water partition coefficient (Wildman–Crippen LogP) is 3.85. The average molecular weight is 377 g/mol. The van der Waals surface area contributed by atoms with E-state index in [4.69, 9.17) is 15.6 Å². The Morgan fingerprint density at radius 1 is 1.29 bits per heavy atom. The Morgan fingerprint density at radius 2 is 2.04 bits per heavy atom. The third kappa shape index (κ3) is 4.52. The van der Waals surface area contributed by atoms with Crippen molar-refractivity contribution in [2.75, 3.05) is 24.6 Å². The van der Waals surface area contributed by atoms with Crippen LogP contribution in [0.1, 0.15) is 40.9 Å². The third-order valence-electron chi connectivity index (χ3n) is 4.64. The number of para-hydroxylation sites is 1. The number of piperidine rings is 1. The average Bonchev–Trinajstić information content (AvgIpc) is 2.71. The zero-order valence-corrected chi connectivity index (χ0v) is 15.9. The largest absolute Gasteiger partial charge is 0.480 e. The molecule has 2 heterocycles. The summed E-state index contributed by atoms with van der Waals surface area (Å²) in [7, 11) is 0. The number of carbonyl (C=O) groups excluding carboxylic acids is 1. The van der Waals surface area contributed by atoms with Crippen LogP contribution in [0.2, 0.25) is 0 Å². The molecule has 1 saturated heterocycles. The lowest BCUT2D eigenvalue weighted by Gasteiger charge is -2.29. The van der Waals surface area contributed by atoms with E-state index in [2.05, 4.69) is 10.8 Å². The maximum atomic E-state index is 12.9. The fourth-order valence-corrected chi connectivity index (χ4v) is 3.32. The Morgan fingerprint density at radius 3 is 2.79 bits per heavy atom. The summed E-state index contributed by atoms with van der Waals surface area (Å²) < 4.78 is 10.7. The molecule has 2 aromatic rings. The molecular formula is C23H23NO4. The number of ether oxygens (including phenoxy) is 1. The number of aryl methyl sites for hydroxylation is 1. The van der Waals surface area contributed by atoms with E-state index >= 15 is 0 Å². The van der Waals surface area contributed by atoms with Gasteiger partial charge in [0.1, 0.15) is 23.7 Å².